The van der Waals surface area contributed by atoms with E-state index in [-0.39, 0.29) is 54.0 Å². The summed E-state index contributed by atoms with van der Waals surface area (Å²) in [5.41, 5.74) is -0.267. The van der Waals surface area contributed by atoms with Crippen molar-refractivity contribution in [1.82, 2.24) is 10.6 Å². The molecule has 2 rings (SSSR count). The van der Waals surface area contributed by atoms with Crippen LogP contribution in [0, 0.1) is 17.2 Å². The maximum Gasteiger partial charge on any atom is 0.223 e. The maximum atomic E-state index is 13.8. The Kier molecular flexibility index (Phi) is 7.84. The van der Waals surface area contributed by atoms with Gasteiger partial charge in [0.1, 0.15) is 6.61 Å². The van der Waals surface area contributed by atoms with Gasteiger partial charge in [-0.15, -0.1) is 0 Å². The van der Waals surface area contributed by atoms with Gasteiger partial charge in [0.15, 0.2) is 11.6 Å². The summed E-state index contributed by atoms with van der Waals surface area (Å²) >= 11 is 0. The topological polar surface area (TPSA) is 67.4 Å². The number of para-hydroxylation sites is 1. The Morgan fingerprint density at radius 3 is 2.43 bits per heavy atom. The van der Waals surface area contributed by atoms with Crippen LogP contribution in [0.4, 0.5) is 4.39 Å². The van der Waals surface area contributed by atoms with E-state index in [9.17, 15) is 14.0 Å². The van der Waals surface area contributed by atoms with E-state index in [0.717, 1.165) is 25.7 Å². The zero-order valence-corrected chi connectivity index (χ0v) is 17.4. The van der Waals surface area contributed by atoms with Crippen molar-refractivity contribution in [1.29, 1.82) is 0 Å². The summed E-state index contributed by atoms with van der Waals surface area (Å²) in [6.45, 7) is 7.99. The Balaban J connectivity index is 1.86. The summed E-state index contributed by atoms with van der Waals surface area (Å²) in [4.78, 5) is 24.7. The summed E-state index contributed by atoms with van der Waals surface area (Å²) in [6.07, 6.45) is 4.27. The van der Waals surface area contributed by atoms with Gasteiger partial charge in [0, 0.05) is 18.4 Å². The van der Waals surface area contributed by atoms with Gasteiger partial charge in [0.05, 0.1) is 6.04 Å². The van der Waals surface area contributed by atoms with Crippen molar-refractivity contribution in [2.75, 3.05) is 6.61 Å². The normalized spacial score (nSPS) is 17.0. The number of halogens is 1. The highest BCUT2D eigenvalue weighted by molar-refractivity contribution is 5.81. The smallest absolute Gasteiger partial charge is 0.223 e. The fourth-order valence-electron chi connectivity index (χ4n) is 3.37. The minimum atomic E-state index is -0.426. The van der Waals surface area contributed by atoms with Gasteiger partial charge in [-0.25, -0.2) is 4.39 Å². The fourth-order valence-corrected chi connectivity index (χ4v) is 3.37. The Hall–Kier alpha value is -2.11. The predicted octanol–water partition coefficient (Wildman–Crippen LogP) is 3.82. The number of benzene rings is 1. The molecule has 2 atom stereocenters. The molecule has 156 valence electrons. The van der Waals surface area contributed by atoms with E-state index in [1.807, 2.05) is 27.7 Å². The first-order chi connectivity index (χ1) is 13.2. The molecule has 0 radical (unpaired) electrons. The van der Waals surface area contributed by atoms with Crippen molar-refractivity contribution >= 4 is 11.8 Å². The second-order valence-electron chi connectivity index (χ2n) is 8.82. The van der Waals surface area contributed by atoms with E-state index in [1.54, 1.807) is 18.2 Å². The molecule has 1 aliphatic carbocycles. The molecular formula is C22H33FN2O3. The van der Waals surface area contributed by atoms with Gasteiger partial charge in [0.25, 0.3) is 0 Å². The van der Waals surface area contributed by atoms with Crippen molar-refractivity contribution in [2.45, 2.75) is 71.9 Å². The molecule has 1 aromatic rings. The molecule has 1 aliphatic rings. The number of rotatable bonds is 8. The lowest BCUT2D eigenvalue weighted by atomic mass is 9.87. The average Bonchev–Trinajstić information content (AvgIpc) is 3.13. The SMILES string of the molecule is CC(CC(=O)NC(COc1ccccc1F)C(C)(C)C)NC(=O)C1CCCC1. The minimum absolute atomic E-state index is 0.0491. The van der Waals surface area contributed by atoms with Crippen molar-refractivity contribution in [2.24, 2.45) is 11.3 Å². The molecule has 28 heavy (non-hydrogen) atoms. The zero-order valence-electron chi connectivity index (χ0n) is 17.4. The summed E-state index contributed by atoms with van der Waals surface area (Å²) < 4.78 is 19.4. The van der Waals surface area contributed by atoms with Crippen LogP contribution in [0.1, 0.15) is 59.8 Å². The summed E-state index contributed by atoms with van der Waals surface area (Å²) in [7, 11) is 0. The van der Waals surface area contributed by atoms with Gasteiger partial charge in [0.2, 0.25) is 11.8 Å². The highest BCUT2D eigenvalue weighted by Crippen LogP contribution is 2.25. The standard InChI is InChI=1S/C22H33FN2O3/c1-15(24-21(27)16-9-5-6-10-16)13-20(26)25-19(22(2,3)4)14-28-18-12-8-7-11-17(18)23/h7-8,11-12,15-16,19H,5-6,9-10,13-14H2,1-4H3,(H,24,27)(H,25,26). The van der Waals surface area contributed by atoms with Crippen molar-refractivity contribution in [3.8, 4) is 5.75 Å². The third-order valence-electron chi connectivity index (χ3n) is 5.23. The molecule has 0 bridgehead atoms. The summed E-state index contributed by atoms with van der Waals surface area (Å²) in [5, 5.41) is 5.93. The highest BCUT2D eigenvalue weighted by Gasteiger charge is 2.29. The molecule has 0 aromatic heterocycles. The van der Waals surface area contributed by atoms with Gasteiger partial charge in [-0.1, -0.05) is 45.7 Å². The third kappa shape index (κ3) is 6.80. The lowest BCUT2D eigenvalue weighted by Crippen LogP contribution is -2.49. The van der Waals surface area contributed by atoms with Gasteiger partial charge in [-0.2, -0.15) is 0 Å². The molecule has 6 heteroatoms. The number of hydrogen-bond acceptors (Lipinski definition) is 3. The number of carbonyl (C=O) groups excluding carboxylic acids is 2. The first kappa shape index (κ1) is 22.2. The first-order valence-electron chi connectivity index (χ1n) is 10.1. The summed E-state index contributed by atoms with van der Waals surface area (Å²) in [6, 6.07) is 5.69. The van der Waals surface area contributed by atoms with Gasteiger partial charge in [-0.05, 0) is 37.3 Å². The van der Waals surface area contributed by atoms with E-state index < -0.39 is 5.82 Å². The molecule has 1 saturated carbocycles. The van der Waals surface area contributed by atoms with E-state index >= 15 is 0 Å². The molecule has 0 heterocycles. The number of ether oxygens (including phenoxy) is 1. The molecule has 0 saturated heterocycles. The van der Waals surface area contributed by atoms with Crippen LogP contribution >= 0.6 is 0 Å². The molecule has 5 nitrogen and oxygen atoms in total. The number of amides is 2. The average molecular weight is 393 g/mol. The molecule has 2 amide bonds. The van der Waals surface area contributed by atoms with Crippen LogP contribution in [-0.2, 0) is 9.59 Å². The molecule has 0 aliphatic heterocycles. The Morgan fingerprint density at radius 2 is 1.82 bits per heavy atom. The van der Waals surface area contributed by atoms with Crippen LogP contribution in [-0.4, -0.2) is 30.5 Å². The van der Waals surface area contributed by atoms with E-state index in [2.05, 4.69) is 10.6 Å². The first-order valence-corrected chi connectivity index (χ1v) is 10.1. The van der Waals surface area contributed by atoms with Crippen LogP contribution < -0.4 is 15.4 Å². The van der Waals surface area contributed by atoms with Crippen molar-refractivity contribution < 1.29 is 18.7 Å². The quantitative estimate of drug-likeness (QED) is 0.707. The van der Waals surface area contributed by atoms with Crippen molar-refractivity contribution in [3.05, 3.63) is 30.1 Å². The van der Waals surface area contributed by atoms with Crippen LogP contribution in [0.15, 0.2) is 24.3 Å². The molecule has 0 spiro atoms. The van der Waals surface area contributed by atoms with Crippen LogP contribution in [0.3, 0.4) is 0 Å². The van der Waals surface area contributed by atoms with E-state index in [4.69, 9.17) is 4.74 Å². The Bertz CT molecular complexity index is 666. The largest absolute Gasteiger partial charge is 0.488 e. The van der Waals surface area contributed by atoms with Gasteiger partial charge >= 0.3 is 0 Å². The van der Waals surface area contributed by atoms with E-state index in [0.29, 0.717) is 0 Å². The summed E-state index contributed by atoms with van der Waals surface area (Å²) in [5.74, 6) is -0.278. The second kappa shape index (κ2) is 9.89. The lowest BCUT2D eigenvalue weighted by molar-refractivity contribution is -0.126. The molecule has 1 aromatic carbocycles. The molecule has 2 N–H and O–H groups in total. The van der Waals surface area contributed by atoms with Crippen molar-refractivity contribution in [3.63, 3.8) is 0 Å². The number of hydrogen-bond donors (Lipinski definition) is 2. The zero-order chi connectivity index (χ0) is 20.7. The maximum absolute atomic E-state index is 13.8. The van der Waals surface area contributed by atoms with Crippen LogP contribution in [0.5, 0.6) is 5.75 Å². The van der Waals surface area contributed by atoms with Gasteiger partial charge in [-0.3, -0.25) is 9.59 Å². The fraction of sp³-hybridized carbons (Fsp3) is 0.636. The highest BCUT2D eigenvalue weighted by atomic mass is 19.1. The van der Waals surface area contributed by atoms with Crippen LogP contribution in [0.2, 0.25) is 0 Å². The molecule has 1 fully saturated rings. The number of carbonyl (C=O) groups is 2. The predicted molar refractivity (Wildman–Crippen MR) is 107 cm³/mol. The monoisotopic (exact) mass is 392 g/mol. The molecule has 2 unspecified atom stereocenters. The Labute approximate surface area is 167 Å². The van der Waals surface area contributed by atoms with E-state index in [1.165, 1.54) is 6.07 Å². The minimum Gasteiger partial charge on any atom is -0.488 e. The van der Waals surface area contributed by atoms with Gasteiger partial charge < -0.3 is 15.4 Å². The molecular weight excluding hydrogens is 359 g/mol. The third-order valence-corrected chi connectivity index (χ3v) is 5.23. The Morgan fingerprint density at radius 1 is 1.18 bits per heavy atom. The van der Waals surface area contributed by atoms with Crippen LogP contribution in [0.25, 0.3) is 0 Å². The second-order valence-corrected chi connectivity index (χ2v) is 8.82. The lowest BCUT2D eigenvalue weighted by Gasteiger charge is -2.32. The number of nitrogens with one attached hydrogen (secondary N) is 2.